The predicted octanol–water partition coefficient (Wildman–Crippen LogP) is 3.42. The number of carbonyl (C=O) groups is 2. The maximum atomic E-state index is 12.3. The van der Waals surface area contributed by atoms with Gasteiger partial charge in [-0.2, -0.15) is 5.26 Å². The standard InChI is InChI=1S/C21H28N2O4/c1-16(2)17-7-9-18(10-8-17)26-14-20(25)27-13-19(24)23(3)21(15-22)11-5-4-6-12-21/h7-10,16H,4-6,11-14H2,1-3H3. The molecule has 0 bridgehead atoms. The molecule has 1 amide bonds. The molecule has 146 valence electrons. The van der Waals surface area contributed by atoms with E-state index in [9.17, 15) is 14.9 Å². The number of nitriles is 1. The number of hydrogen-bond acceptors (Lipinski definition) is 5. The van der Waals surface area contributed by atoms with Crippen LogP contribution >= 0.6 is 0 Å². The van der Waals surface area contributed by atoms with Gasteiger partial charge in [-0.1, -0.05) is 45.2 Å². The third-order valence-electron chi connectivity index (χ3n) is 5.17. The fourth-order valence-electron chi connectivity index (χ4n) is 3.27. The Morgan fingerprint density at radius 3 is 2.33 bits per heavy atom. The molecule has 0 saturated heterocycles. The molecule has 6 heteroatoms. The highest BCUT2D eigenvalue weighted by molar-refractivity contribution is 5.81. The third kappa shape index (κ3) is 5.46. The number of likely N-dealkylation sites (N-methyl/N-ethyl adjacent to an activating group) is 1. The van der Waals surface area contributed by atoms with E-state index in [0.717, 1.165) is 19.3 Å². The summed E-state index contributed by atoms with van der Waals surface area (Å²) in [5.41, 5.74) is 0.406. The van der Waals surface area contributed by atoms with E-state index in [4.69, 9.17) is 9.47 Å². The Morgan fingerprint density at radius 2 is 1.78 bits per heavy atom. The predicted molar refractivity (Wildman–Crippen MR) is 101 cm³/mol. The van der Waals surface area contributed by atoms with Crippen LogP contribution in [-0.4, -0.2) is 42.6 Å². The second kappa shape index (κ2) is 9.40. The van der Waals surface area contributed by atoms with E-state index in [-0.39, 0.29) is 19.1 Å². The molecule has 0 unspecified atom stereocenters. The monoisotopic (exact) mass is 372 g/mol. The molecule has 1 aromatic rings. The van der Waals surface area contributed by atoms with Gasteiger partial charge in [-0.25, -0.2) is 4.79 Å². The maximum absolute atomic E-state index is 12.3. The van der Waals surface area contributed by atoms with Crippen LogP contribution in [0.4, 0.5) is 0 Å². The second-order valence-corrected chi connectivity index (χ2v) is 7.33. The van der Waals surface area contributed by atoms with E-state index in [0.29, 0.717) is 24.5 Å². The van der Waals surface area contributed by atoms with Gasteiger partial charge in [-0.15, -0.1) is 0 Å². The Kier molecular flexibility index (Phi) is 7.23. The van der Waals surface area contributed by atoms with Crippen molar-refractivity contribution in [2.24, 2.45) is 0 Å². The summed E-state index contributed by atoms with van der Waals surface area (Å²) in [5.74, 6) is 0.0192. The number of hydrogen-bond donors (Lipinski definition) is 0. The van der Waals surface area contributed by atoms with Crippen LogP contribution < -0.4 is 4.74 Å². The first-order valence-electron chi connectivity index (χ1n) is 9.44. The highest BCUT2D eigenvalue weighted by Crippen LogP contribution is 2.32. The van der Waals surface area contributed by atoms with Crippen molar-refractivity contribution >= 4 is 11.9 Å². The molecule has 0 N–H and O–H groups in total. The molecule has 0 radical (unpaired) electrons. The molecule has 0 aliphatic heterocycles. The van der Waals surface area contributed by atoms with Gasteiger partial charge in [0.25, 0.3) is 5.91 Å². The molecule has 1 fully saturated rings. The Bertz CT molecular complexity index is 685. The summed E-state index contributed by atoms with van der Waals surface area (Å²) in [5, 5.41) is 9.53. The van der Waals surface area contributed by atoms with Gasteiger partial charge in [0.1, 0.15) is 11.3 Å². The van der Waals surface area contributed by atoms with Gasteiger partial charge in [0.15, 0.2) is 13.2 Å². The maximum Gasteiger partial charge on any atom is 0.344 e. The number of nitrogens with zero attached hydrogens (tertiary/aromatic N) is 2. The van der Waals surface area contributed by atoms with E-state index in [1.807, 2.05) is 12.1 Å². The van der Waals surface area contributed by atoms with Crippen LogP contribution in [0.2, 0.25) is 0 Å². The van der Waals surface area contributed by atoms with Crippen molar-refractivity contribution in [2.45, 2.75) is 57.4 Å². The SMILES string of the molecule is CC(C)c1ccc(OCC(=O)OCC(=O)N(C)C2(C#N)CCCCC2)cc1. The first-order valence-corrected chi connectivity index (χ1v) is 9.44. The van der Waals surface area contributed by atoms with Crippen molar-refractivity contribution < 1.29 is 19.1 Å². The summed E-state index contributed by atoms with van der Waals surface area (Å²) in [6.45, 7) is 3.56. The first-order chi connectivity index (χ1) is 12.9. The molecule has 6 nitrogen and oxygen atoms in total. The van der Waals surface area contributed by atoms with Crippen molar-refractivity contribution in [2.75, 3.05) is 20.3 Å². The molecule has 1 aliphatic carbocycles. The number of ether oxygens (including phenoxy) is 2. The van der Waals surface area contributed by atoms with Crippen molar-refractivity contribution in [3.63, 3.8) is 0 Å². The molecule has 1 aliphatic rings. The Labute approximate surface area is 161 Å². The van der Waals surface area contributed by atoms with E-state index in [2.05, 4.69) is 19.9 Å². The van der Waals surface area contributed by atoms with E-state index >= 15 is 0 Å². The van der Waals surface area contributed by atoms with Gasteiger partial charge in [-0.05, 0) is 36.5 Å². The Morgan fingerprint density at radius 1 is 1.15 bits per heavy atom. The number of esters is 1. The average Bonchev–Trinajstić information content (AvgIpc) is 2.70. The number of rotatable bonds is 7. The summed E-state index contributed by atoms with van der Waals surface area (Å²) in [7, 11) is 1.61. The summed E-state index contributed by atoms with van der Waals surface area (Å²) in [4.78, 5) is 25.6. The minimum absolute atomic E-state index is 0.262. The van der Waals surface area contributed by atoms with Crippen LogP contribution in [-0.2, 0) is 14.3 Å². The molecule has 1 aromatic carbocycles. The van der Waals surface area contributed by atoms with Crippen molar-refractivity contribution in [3.8, 4) is 11.8 Å². The molecule has 0 atom stereocenters. The molecule has 0 spiro atoms. The highest BCUT2D eigenvalue weighted by atomic mass is 16.6. The van der Waals surface area contributed by atoms with E-state index in [1.54, 1.807) is 19.2 Å². The third-order valence-corrected chi connectivity index (χ3v) is 5.17. The van der Waals surface area contributed by atoms with Crippen LogP contribution in [0.3, 0.4) is 0 Å². The molecular weight excluding hydrogens is 344 g/mol. The number of carbonyl (C=O) groups excluding carboxylic acids is 2. The zero-order valence-electron chi connectivity index (χ0n) is 16.4. The highest BCUT2D eigenvalue weighted by Gasteiger charge is 2.38. The number of benzene rings is 1. The lowest BCUT2D eigenvalue weighted by molar-refractivity contribution is -0.155. The molecular formula is C21H28N2O4. The summed E-state index contributed by atoms with van der Waals surface area (Å²) in [6.07, 6.45) is 4.25. The minimum Gasteiger partial charge on any atom is -0.482 e. The Balaban J connectivity index is 1.79. The fourth-order valence-corrected chi connectivity index (χ4v) is 3.27. The van der Waals surface area contributed by atoms with Crippen molar-refractivity contribution in [1.29, 1.82) is 5.26 Å². The van der Waals surface area contributed by atoms with Gasteiger partial charge < -0.3 is 14.4 Å². The van der Waals surface area contributed by atoms with Crippen LogP contribution in [0.5, 0.6) is 5.75 Å². The lowest BCUT2D eigenvalue weighted by Gasteiger charge is -2.38. The summed E-state index contributed by atoms with van der Waals surface area (Å²) < 4.78 is 10.4. The molecule has 1 saturated carbocycles. The van der Waals surface area contributed by atoms with Crippen LogP contribution in [0.1, 0.15) is 57.4 Å². The normalized spacial score (nSPS) is 15.7. The van der Waals surface area contributed by atoms with Gasteiger partial charge in [0.2, 0.25) is 0 Å². The van der Waals surface area contributed by atoms with Crippen LogP contribution in [0.15, 0.2) is 24.3 Å². The minimum atomic E-state index is -0.781. The average molecular weight is 372 g/mol. The lowest BCUT2D eigenvalue weighted by Crippen LogP contribution is -2.51. The molecule has 27 heavy (non-hydrogen) atoms. The van der Waals surface area contributed by atoms with Gasteiger partial charge in [0, 0.05) is 7.05 Å². The Hall–Kier alpha value is -2.55. The van der Waals surface area contributed by atoms with Gasteiger partial charge >= 0.3 is 5.97 Å². The lowest BCUT2D eigenvalue weighted by atomic mass is 9.81. The smallest absolute Gasteiger partial charge is 0.344 e. The molecule has 2 rings (SSSR count). The summed E-state index contributed by atoms with van der Waals surface area (Å²) in [6, 6.07) is 9.81. The van der Waals surface area contributed by atoms with Crippen LogP contribution in [0.25, 0.3) is 0 Å². The van der Waals surface area contributed by atoms with Crippen molar-refractivity contribution in [3.05, 3.63) is 29.8 Å². The van der Waals surface area contributed by atoms with E-state index < -0.39 is 11.5 Å². The number of amides is 1. The second-order valence-electron chi connectivity index (χ2n) is 7.33. The zero-order chi connectivity index (χ0) is 19.9. The van der Waals surface area contributed by atoms with Gasteiger partial charge in [0.05, 0.1) is 6.07 Å². The molecule has 0 aromatic heterocycles. The topological polar surface area (TPSA) is 79.6 Å². The zero-order valence-corrected chi connectivity index (χ0v) is 16.4. The van der Waals surface area contributed by atoms with E-state index in [1.165, 1.54) is 10.5 Å². The van der Waals surface area contributed by atoms with Gasteiger partial charge in [-0.3, -0.25) is 4.79 Å². The largest absolute Gasteiger partial charge is 0.482 e. The first kappa shape index (κ1) is 20.8. The summed E-state index contributed by atoms with van der Waals surface area (Å²) >= 11 is 0. The fraction of sp³-hybridized carbons (Fsp3) is 0.571. The van der Waals surface area contributed by atoms with Crippen LogP contribution in [0, 0.1) is 11.3 Å². The quantitative estimate of drug-likeness (QED) is 0.685. The van der Waals surface area contributed by atoms with Crippen molar-refractivity contribution in [1.82, 2.24) is 4.90 Å². The molecule has 0 heterocycles.